The van der Waals surface area contributed by atoms with Crippen LogP contribution in [0.4, 0.5) is 0 Å². The first kappa shape index (κ1) is 26.6. The van der Waals surface area contributed by atoms with Crippen molar-refractivity contribution in [2.45, 2.75) is 6.42 Å². The summed E-state index contributed by atoms with van der Waals surface area (Å²) in [6.45, 7) is 0.972. The summed E-state index contributed by atoms with van der Waals surface area (Å²) in [7, 11) is 6.14. The van der Waals surface area contributed by atoms with Gasteiger partial charge in [-0.3, -0.25) is 0 Å². The Labute approximate surface area is 208 Å². The van der Waals surface area contributed by atoms with E-state index in [1.54, 1.807) is 0 Å². The fourth-order valence-corrected chi connectivity index (χ4v) is 10.6. The van der Waals surface area contributed by atoms with Gasteiger partial charge < -0.3 is 24.8 Å². The van der Waals surface area contributed by atoms with Crippen LogP contribution in [0, 0.1) is 0 Å². The van der Waals surface area contributed by atoms with Crippen LogP contribution in [0.5, 0.6) is 0 Å². The molecule has 0 N–H and O–H groups in total. The van der Waals surface area contributed by atoms with Crippen molar-refractivity contribution in [3.63, 3.8) is 0 Å². The number of rotatable bonds is 7. The maximum absolute atomic E-state index is 6.62. The van der Waals surface area contributed by atoms with Crippen LogP contribution in [-0.4, -0.2) is 32.6 Å². The van der Waals surface area contributed by atoms with E-state index in [1.165, 1.54) is 28.3 Å². The largest absolute Gasteiger partial charge is 1.00 e. The van der Waals surface area contributed by atoms with E-state index in [0.29, 0.717) is 0 Å². The maximum atomic E-state index is 6.62. The van der Waals surface area contributed by atoms with Crippen molar-refractivity contribution in [3.8, 4) is 0 Å². The predicted molar refractivity (Wildman–Crippen MR) is 124 cm³/mol. The Kier molecular flexibility index (Phi) is 9.97. The molecule has 0 aliphatic heterocycles. The first-order chi connectivity index (χ1) is 14.6. The van der Waals surface area contributed by atoms with E-state index in [4.69, 9.17) is 3.32 Å². The Bertz CT molecular complexity index is 1030. The zero-order valence-corrected chi connectivity index (χ0v) is 21.8. The molecule has 0 aromatic heterocycles. The van der Waals surface area contributed by atoms with E-state index in [0.717, 1.165) is 13.0 Å². The summed E-state index contributed by atoms with van der Waals surface area (Å²) in [6, 6.07) is 30.5. The van der Waals surface area contributed by atoms with Gasteiger partial charge in [-0.2, -0.15) is 0 Å². The first-order valence-electron chi connectivity index (χ1n) is 10.5. The van der Waals surface area contributed by atoms with E-state index in [-0.39, 0.29) is 24.8 Å². The van der Waals surface area contributed by atoms with Crippen molar-refractivity contribution in [2.75, 3.05) is 27.7 Å². The summed E-state index contributed by atoms with van der Waals surface area (Å²) in [5.74, 6) is 0. The van der Waals surface area contributed by atoms with Gasteiger partial charge in [0.2, 0.25) is 0 Å². The normalized spacial score (nSPS) is 12.6. The van der Waals surface area contributed by atoms with Crippen LogP contribution in [0.25, 0.3) is 5.57 Å². The SMILES string of the molecule is C[O][Ti+2]([c]1ccccc1)([c]1ccccc1)[c]1ccccc1C1=CC(CN(C)C)=CC1.[Cl-].[Cl-]. The third kappa shape index (κ3) is 5.29. The maximum Gasteiger partial charge on any atom is -1.00 e. The molecule has 2 nitrogen and oxygen atoms in total. The molecule has 0 saturated carbocycles. The van der Waals surface area contributed by atoms with Gasteiger partial charge in [0.1, 0.15) is 0 Å². The number of nitrogens with zero attached hydrogens (tertiary/aromatic N) is 1. The third-order valence-electron chi connectivity index (χ3n) is 5.76. The molecule has 32 heavy (non-hydrogen) atoms. The molecular weight excluding hydrogens is 473 g/mol. The second kappa shape index (κ2) is 12.0. The number of hydrogen-bond donors (Lipinski definition) is 0. The standard InChI is InChI=1S/C14H16N.2C6H5.CH3O.2ClH.Ti/c1-15(2)11-12-8-9-14(10-12)13-6-4-3-5-7-13;2*1-2-4-6-5-3-1;1-2;;;/h3-6,8,10H,9,11H2,1-2H3;2*1-5H;1H3;2*1H;/q;;;-1;;;+3/p-2. The van der Waals surface area contributed by atoms with Crippen molar-refractivity contribution in [1.29, 1.82) is 0 Å². The zero-order valence-electron chi connectivity index (χ0n) is 18.8. The second-order valence-electron chi connectivity index (χ2n) is 8.05. The van der Waals surface area contributed by atoms with Crippen molar-refractivity contribution < 1.29 is 45.1 Å². The monoisotopic (exact) mass is 501 g/mol. The molecule has 0 radical (unpaired) electrons. The van der Waals surface area contributed by atoms with Crippen LogP contribution in [0.1, 0.15) is 12.0 Å². The third-order valence-corrected chi connectivity index (χ3v) is 12.2. The molecular formula is C27H29Cl2NOTi. The average molecular weight is 502 g/mol. The molecule has 1 aliphatic rings. The molecule has 0 amide bonds. The van der Waals surface area contributed by atoms with E-state index in [9.17, 15) is 0 Å². The minimum absolute atomic E-state index is 0. The fraction of sp³-hybridized carbons (Fsp3) is 0.185. The minimum Gasteiger partial charge on any atom is -1.00 e. The van der Waals surface area contributed by atoms with Gasteiger partial charge in [-0.05, 0) is 0 Å². The van der Waals surface area contributed by atoms with Gasteiger partial charge >= 0.3 is 185 Å². The Balaban J connectivity index is 0.00000181. The van der Waals surface area contributed by atoms with Crippen molar-refractivity contribution in [3.05, 3.63) is 108 Å². The van der Waals surface area contributed by atoms with Crippen LogP contribution in [0.2, 0.25) is 0 Å². The number of halogens is 2. The zero-order chi connectivity index (χ0) is 21.0. The van der Waals surface area contributed by atoms with E-state index >= 15 is 0 Å². The molecule has 1 aliphatic carbocycles. The summed E-state index contributed by atoms with van der Waals surface area (Å²) < 4.78 is 10.6. The van der Waals surface area contributed by atoms with Crippen LogP contribution < -0.4 is 36.4 Å². The summed E-state index contributed by atoms with van der Waals surface area (Å²) in [5.41, 5.74) is 4.11. The summed E-state index contributed by atoms with van der Waals surface area (Å²) >= 11 is -3.33. The van der Waals surface area contributed by atoms with Gasteiger partial charge in [0.15, 0.2) is 0 Å². The van der Waals surface area contributed by atoms with Crippen molar-refractivity contribution >= 4 is 17.2 Å². The molecule has 0 fully saturated rings. The molecule has 0 atom stereocenters. The number of hydrogen-bond acceptors (Lipinski definition) is 2. The fourth-order valence-electron chi connectivity index (χ4n) is 4.48. The van der Waals surface area contributed by atoms with Gasteiger partial charge in [-0.15, -0.1) is 0 Å². The summed E-state index contributed by atoms with van der Waals surface area (Å²) in [5, 5.41) is 0. The number of likely N-dealkylation sites (N-methyl/N-ethyl adjacent to an activating group) is 1. The molecule has 0 saturated heterocycles. The molecule has 4 rings (SSSR count). The molecule has 5 heteroatoms. The molecule has 0 bridgehead atoms. The molecule has 0 unspecified atom stereocenters. The van der Waals surface area contributed by atoms with E-state index in [1.807, 2.05) is 7.11 Å². The van der Waals surface area contributed by atoms with Crippen molar-refractivity contribution in [2.24, 2.45) is 0 Å². The van der Waals surface area contributed by atoms with Gasteiger partial charge in [0, 0.05) is 0 Å². The molecule has 0 spiro atoms. The topological polar surface area (TPSA) is 12.5 Å². The molecule has 3 aromatic rings. The summed E-state index contributed by atoms with van der Waals surface area (Å²) in [6.07, 6.45) is 5.71. The van der Waals surface area contributed by atoms with Gasteiger partial charge in [0.25, 0.3) is 0 Å². The molecule has 166 valence electrons. The smallest absolute Gasteiger partial charge is 1.00 e. The van der Waals surface area contributed by atoms with Crippen LogP contribution in [0.15, 0.2) is 103 Å². The summed E-state index contributed by atoms with van der Waals surface area (Å²) in [4.78, 5) is 2.22. The molecule has 3 aromatic carbocycles. The Morgan fingerprint density at radius 1 is 0.781 bits per heavy atom. The molecule has 0 heterocycles. The van der Waals surface area contributed by atoms with Gasteiger partial charge in [-0.25, -0.2) is 0 Å². The Hall–Kier alpha value is -1.65. The van der Waals surface area contributed by atoms with Crippen LogP contribution in [-0.2, 0) is 20.3 Å². The predicted octanol–water partition coefficient (Wildman–Crippen LogP) is -2.04. The van der Waals surface area contributed by atoms with E-state index in [2.05, 4.69) is 116 Å². The van der Waals surface area contributed by atoms with Gasteiger partial charge in [-0.1, -0.05) is 0 Å². The number of allylic oxidation sites excluding steroid dienone is 2. The quantitative estimate of drug-likeness (QED) is 0.346. The minimum atomic E-state index is -3.33. The number of benzene rings is 3. The first-order valence-corrected chi connectivity index (χ1v) is 13.4. The van der Waals surface area contributed by atoms with Crippen LogP contribution in [0.3, 0.4) is 0 Å². The average Bonchev–Trinajstić information content (AvgIpc) is 3.24. The Morgan fingerprint density at radius 2 is 1.31 bits per heavy atom. The van der Waals surface area contributed by atoms with Gasteiger partial charge in [0.05, 0.1) is 0 Å². The van der Waals surface area contributed by atoms with Crippen LogP contribution >= 0.6 is 0 Å². The Morgan fingerprint density at radius 3 is 1.84 bits per heavy atom. The second-order valence-corrected chi connectivity index (χ2v) is 13.5. The van der Waals surface area contributed by atoms with E-state index < -0.39 is 17.0 Å². The van der Waals surface area contributed by atoms with Crippen molar-refractivity contribution in [1.82, 2.24) is 4.90 Å².